The largest absolute Gasteiger partial charge is 0.496 e. The second-order valence-electron chi connectivity index (χ2n) is 6.11. The second kappa shape index (κ2) is 10.6. The van der Waals surface area contributed by atoms with Crippen molar-refractivity contribution in [1.82, 2.24) is 15.6 Å². The summed E-state index contributed by atoms with van der Waals surface area (Å²) in [6.07, 6.45) is 1.42. The van der Waals surface area contributed by atoms with Crippen LogP contribution >= 0.6 is 23.1 Å². The molecule has 160 valence electrons. The molecule has 0 aliphatic heterocycles. The first-order valence-electron chi connectivity index (χ1n) is 8.94. The van der Waals surface area contributed by atoms with Gasteiger partial charge in [-0.05, 0) is 55.0 Å². The van der Waals surface area contributed by atoms with Gasteiger partial charge in [0, 0.05) is 17.0 Å². The van der Waals surface area contributed by atoms with E-state index in [4.69, 9.17) is 4.74 Å². The lowest BCUT2D eigenvalue weighted by Crippen LogP contribution is -2.32. The maximum absolute atomic E-state index is 12.9. The Bertz CT molecular complexity index is 1100. The number of aromatic nitrogens is 2. The zero-order valence-electron chi connectivity index (χ0n) is 16.6. The third-order valence-electron chi connectivity index (χ3n) is 3.85. The number of thioether (sulfide) groups is 1. The third-order valence-corrected chi connectivity index (χ3v) is 5.87. The van der Waals surface area contributed by atoms with Crippen LogP contribution in [-0.4, -0.2) is 35.3 Å². The number of halogens is 1. The number of hydrazone groups is 1. The van der Waals surface area contributed by atoms with Crippen molar-refractivity contribution in [3.63, 3.8) is 0 Å². The molecule has 0 spiro atoms. The Hall–Kier alpha value is -3.31. The SMILES string of the molecule is COc1ccc(/C=N/NC(=O)C(=O)Nc2ccc(F)cc2)cc1CSc1nnc(C)s1. The molecule has 3 rings (SSSR count). The molecule has 0 unspecified atom stereocenters. The minimum atomic E-state index is -0.948. The number of carbonyl (C=O) groups excluding carboxylic acids is 2. The first kappa shape index (κ1) is 22.4. The van der Waals surface area contributed by atoms with E-state index < -0.39 is 17.6 Å². The number of hydrogen-bond donors (Lipinski definition) is 2. The Morgan fingerprint density at radius 2 is 1.97 bits per heavy atom. The predicted molar refractivity (Wildman–Crippen MR) is 118 cm³/mol. The van der Waals surface area contributed by atoms with Crippen LogP contribution < -0.4 is 15.5 Å². The van der Waals surface area contributed by atoms with Gasteiger partial charge in [0.05, 0.1) is 13.3 Å². The van der Waals surface area contributed by atoms with E-state index in [-0.39, 0.29) is 0 Å². The molecule has 0 atom stereocenters. The van der Waals surface area contributed by atoms with Crippen LogP contribution in [0.25, 0.3) is 0 Å². The van der Waals surface area contributed by atoms with Crippen LogP contribution in [0, 0.1) is 12.7 Å². The van der Waals surface area contributed by atoms with E-state index in [1.54, 1.807) is 31.0 Å². The van der Waals surface area contributed by atoms with Crippen molar-refractivity contribution in [1.29, 1.82) is 0 Å². The highest BCUT2D eigenvalue weighted by molar-refractivity contribution is 8.00. The van der Waals surface area contributed by atoms with Crippen molar-refractivity contribution in [3.05, 3.63) is 64.4 Å². The molecule has 0 saturated carbocycles. The molecule has 8 nitrogen and oxygen atoms in total. The topological polar surface area (TPSA) is 106 Å². The summed E-state index contributed by atoms with van der Waals surface area (Å²) in [6, 6.07) is 10.5. The zero-order chi connectivity index (χ0) is 22.2. The Kier molecular flexibility index (Phi) is 7.68. The smallest absolute Gasteiger partial charge is 0.329 e. The van der Waals surface area contributed by atoms with E-state index in [1.807, 2.05) is 13.0 Å². The number of anilines is 1. The Labute approximate surface area is 185 Å². The van der Waals surface area contributed by atoms with Gasteiger partial charge in [-0.2, -0.15) is 5.10 Å². The van der Waals surface area contributed by atoms with Gasteiger partial charge in [-0.25, -0.2) is 9.82 Å². The van der Waals surface area contributed by atoms with Crippen LogP contribution in [0.5, 0.6) is 5.75 Å². The Morgan fingerprint density at radius 1 is 1.19 bits per heavy atom. The third kappa shape index (κ3) is 6.59. The number of nitrogens with one attached hydrogen (secondary N) is 2. The average Bonchev–Trinajstić information content (AvgIpc) is 3.19. The summed E-state index contributed by atoms with van der Waals surface area (Å²) in [7, 11) is 1.59. The molecule has 3 aromatic rings. The number of nitrogens with zero attached hydrogens (tertiary/aromatic N) is 3. The fraction of sp³-hybridized carbons (Fsp3) is 0.150. The molecule has 0 radical (unpaired) electrons. The molecule has 0 aliphatic carbocycles. The van der Waals surface area contributed by atoms with Crippen LogP contribution in [0.3, 0.4) is 0 Å². The highest BCUT2D eigenvalue weighted by Crippen LogP contribution is 2.30. The number of carbonyl (C=O) groups is 2. The fourth-order valence-electron chi connectivity index (χ4n) is 2.41. The molecule has 0 aliphatic rings. The van der Waals surface area contributed by atoms with Gasteiger partial charge in [-0.3, -0.25) is 9.59 Å². The van der Waals surface area contributed by atoms with Crippen LogP contribution in [0.15, 0.2) is 51.9 Å². The van der Waals surface area contributed by atoms with Crippen molar-refractivity contribution >= 4 is 46.8 Å². The number of amides is 2. The van der Waals surface area contributed by atoms with Gasteiger partial charge in [0.2, 0.25) is 0 Å². The monoisotopic (exact) mass is 459 g/mol. The van der Waals surface area contributed by atoms with Crippen LogP contribution in [0.1, 0.15) is 16.1 Å². The summed E-state index contributed by atoms with van der Waals surface area (Å²) in [5, 5.41) is 15.2. The maximum Gasteiger partial charge on any atom is 0.329 e. The van der Waals surface area contributed by atoms with Gasteiger partial charge in [0.25, 0.3) is 0 Å². The summed E-state index contributed by atoms with van der Waals surface area (Å²) in [5.74, 6) is -0.970. The molecular weight excluding hydrogens is 441 g/mol. The van der Waals surface area contributed by atoms with Crippen LogP contribution in [-0.2, 0) is 15.3 Å². The van der Waals surface area contributed by atoms with Crippen molar-refractivity contribution in [2.24, 2.45) is 5.10 Å². The quantitative estimate of drug-likeness (QED) is 0.243. The highest BCUT2D eigenvalue weighted by Gasteiger charge is 2.13. The summed E-state index contributed by atoms with van der Waals surface area (Å²) >= 11 is 3.06. The normalized spacial score (nSPS) is 10.8. The van der Waals surface area contributed by atoms with Crippen molar-refractivity contribution in [3.8, 4) is 5.75 Å². The first-order valence-corrected chi connectivity index (χ1v) is 10.7. The minimum Gasteiger partial charge on any atom is -0.496 e. The summed E-state index contributed by atoms with van der Waals surface area (Å²) in [4.78, 5) is 23.8. The highest BCUT2D eigenvalue weighted by atomic mass is 32.2. The molecule has 0 fully saturated rings. The van der Waals surface area contributed by atoms with E-state index in [0.717, 1.165) is 14.9 Å². The Balaban J connectivity index is 1.58. The number of benzene rings is 2. The predicted octanol–water partition coefficient (Wildman–Crippen LogP) is 3.38. The molecule has 2 aromatic carbocycles. The van der Waals surface area contributed by atoms with Gasteiger partial charge in [0.1, 0.15) is 16.6 Å². The fourth-order valence-corrected chi connectivity index (χ4v) is 4.20. The minimum absolute atomic E-state index is 0.299. The molecular formula is C20H18FN5O3S2. The van der Waals surface area contributed by atoms with E-state index >= 15 is 0 Å². The van der Waals surface area contributed by atoms with Gasteiger partial charge in [0.15, 0.2) is 4.34 Å². The lowest BCUT2D eigenvalue weighted by Gasteiger charge is -2.08. The molecule has 1 heterocycles. The van der Waals surface area contributed by atoms with E-state index in [0.29, 0.717) is 22.8 Å². The second-order valence-corrected chi connectivity index (χ2v) is 8.51. The molecule has 31 heavy (non-hydrogen) atoms. The number of methoxy groups -OCH3 is 1. The lowest BCUT2D eigenvalue weighted by molar-refractivity contribution is -0.136. The van der Waals surface area contributed by atoms with Crippen molar-refractivity contribution in [2.45, 2.75) is 17.0 Å². The summed E-state index contributed by atoms with van der Waals surface area (Å²) < 4.78 is 19.2. The van der Waals surface area contributed by atoms with E-state index in [2.05, 4.69) is 26.0 Å². The molecule has 11 heteroatoms. The molecule has 0 saturated heterocycles. The number of ether oxygens (including phenoxy) is 1. The van der Waals surface area contributed by atoms with Crippen LogP contribution in [0.2, 0.25) is 0 Å². The van der Waals surface area contributed by atoms with Gasteiger partial charge < -0.3 is 10.1 Å². The van der Waals surface area contributed by atoms with Crippen LogP contribution in [0.4, 0.5) is 10.1 Å². The van der Waals surface area contributed by atoms with E-state index in [9.17, 15) is 14.0 Å². The van der Waals surface area contributed by atoms with Gasteiger partial charge in [-0.1, -0.05) is 23.1 Å². The number of rotatable bonds is 7. The van der Waals surface area contributed by atoms with Crippen molar-refractivity contribution in [2.75, 3.05) is 12.4 Å². The summed E-state index contributed by atoms with van der Waals surface area (Å²) in [6.45, 7) is 1.90. The van der Waals surface area contributed by atoms with Gasteiger partial charge >= 0.3 is 11.8 Å². The number of hydrogen-bond acceptors (Lipinski definition) is 8. The molecule has 2 N–H and O–H groups in total. The maximum atomic E-state index is 12.9. The molecule has 0 bridgehead atoms. The van der Waals surface area contributed by atoms with E-state index in [1.165, 1.54) is 41.8 Å². The van der Waals surface area contributed by atoms with Crippen molar-refractivity contribution < 1.29 is 18.7 Å². The zero-order valence-corrected chi connectivity index (χ0v) is 18.2. The first-order chi connectivity index (χ1) is 14.9. The van der Waals surface area contributed by atoms with Gasteiger partial charge in [-0.15, -0.1) is 10.2 Å². The number of aryl methyl sites for hydroxylation is 1. The Morgan fingerprint density at radius 3 is 2.65 bits per heavy atom. The molecule has 1 aromatic heterocycles. The molecule has 2 amide bonds. The average molecular weight is 460 g/mol. The standard InChI is InChI=1S/C20H18FN5O3S2/c1-12-24-26-20(31-12)30-11-14-9-13(3-8-17(14)29-2)10-22-25-19(28)18(27)23-16-6-4-15(21)5-7-16/h3-10H,11H2,1-2H3,(H,23,27)(H,25,28)/b22-10+. The lowest BCUT2D eigenvalue weighted by atomic mass is 10.1. The summed E-state index contributed by atoms with van der Waals surface area (Å²) in [5.41, 5.74) is 4.10.